The van der Waals surface area contributed by atoms with Crippen LogP contribution in [0.3, 0.4) is 0 Å². The molecule has 2 aromatic heterocycles. The summed E-state index contributed by atoms with van der Waals surface area (Å²) in [5.74, 6) is -1.71. The van der Waals surface area contributed by atoms with Crippen LogP contribution in [0.15, 0.2) is 34.1 Å². The van der Waals surface area contributed by atoms with Gasteiger partial charge in [0.05, 0.1) is 19.0 Å². The predicted octanol–water partition coefficient (Wildman–Crippen LogP) is 2.34. The molecule has 0 amide bonds. The Kier molecular flexibility index (Phi) is 4.54. The zero-order valence-corrected chi connectivity index (χ0v) is 11.2. The molecule has 0 aliphatic heterocycles. The normalized spacial score (nSPS) is 12.2. The molecule has 0 aliphatic rings. The van der Waals surface area contributed by atoms with Crippen LogP contribution in [0.1, 0.15) is 33.7 Å². The average molecular weight is 295 g/mol. The molecule has 3 N–H and O–H groups in total. The minimum atomic E-state index is -1.13. The number of aromatic carboxylic acids is 1. The highest BCUT2D eigenvalue weighted by Crippen LogP contribution is 2.22. The largest absolute Gasteiger partial charge is 0.481 e. The maximum atomic E-state index is 10.9. The monoisotopic (exact) mass is 295 g/mol. The Balaban J connectivity index is 2.01. The van der Waals surface area contributed by atoms with Gasteiger partial charge in [-0.05, 0) is 23.6 Å². The van der Waals surface area contributed by atoms with E-state index in [1.807, 2.05) is 17.5 Å². The van der Waals surface area contributed by atoms with Gasteiger partial charge < -0.3 is 19.9 Å². The van der Waals surface area contributed by atoms with Crippen LogP contribution in [-0.2, 0) is 11.3 Å². The Morgan fingerprint density at radius 3 is 2.65 bits per heavy atom. The van der Waals surface area contributed by atoms with Crippen molar-refractivity contribution in [1.82, 2.24) is 5.32 Å². The predicted molar refractivity (Wildman–Crippen MR) is 71.8 cm³/mol. The molecule has 1 atom stereocenters. The summed E-state index contributed by atoms with van der Waals surface area (Å²) in [6.07, 6.45) is -0.0486. The van der Waals surface area contributed by atoms with Gasteiger partial charge in [0, 0.05) is 4.88 Å². The van der Waals surface area contributed by atoms with Gasteiger partial charge in [-0.2, -0.15) is 0 Å². The Hall–Kier alpha value is -2.12. The second-order valence-corrected chi connectivity index (χ2v) is 5.10. The lowest BCUT2D eigenvalue weighted by Crippen LogP contribution is -2.22. The number of aliphatic carboxylic acids is 1. The van der Waals surface area contributed by atoms with Crippen LogP contribution in [0.5, 0.6) is 0 Å². The summed E-state index contributed by atoms with van der Waals surface area (Å²) >= 11 is 1.47. The van der Waals surface area contributed by atoms with E-state index >= 15 is 0 Å². The second kappa shape index (κ2) is 6.36. The van der Waals surface area contributed by atoms with Gasteiger partial charge in [0.1, 0.15) is 5.76 Å². The quantitative estimate of drug-likeness (QED) is 0.725. The Bertz CT molecular complexity index is 590. The molecule has 0 aliphatic carbocycles. The summed E-state index contributed by atoms with van der Waals surface area (Å²) < 4.78 is 5.11. The van der Waals surface area contributed by atoms with E-state index in [2.05, 4.69) is 5.32 Å². The molecule has 2 heterocycles. The molecule has 0 saturated heterocycles. The maximum Gasteiger partial charge on any atom is 0.371 e. The van der Waals surface area contributed by atoms with Crippen LogP contribution < -0.4 is 5.32 Å². The van der Waals surface area contributed by atoms with Crippen molar-refractivity contribution in [2.24, 2.45) is 0 Å². The van der Waals surface area contributed by atoms with Crippen LogP contribution in [-0.4, -0.2) is 22.2 Å². The summed E-state index contributed by atoms with van der Waals surface area (Å²) in [7, 11) is 0. The van der Waals surface area contributed by atoms with Crippen molar-refractivity contribution in [3.8, 4) is 0 Å². The summed E-state index contributed by atoms with van der Waals surface area (Å²) in [4.78, 5) is 22.5. The van der Waals surface area contributed by atoms with Crippen molar-refractivity contribution in [2.75, 3.05) is 0 Å². The molecule has 6 nitrogen and oxygen atoms in total. The first-order valence-electron chi connectivity index (χ1n) is 5.87. The number of carboxylic acid groups (broad SMARTS) is 2. The molecule has 2 rings (SSSR count). The third kappa shape index (κ3) is 3.69. The topological polar surface area (TPSA) is 99.8 Å². The molecule has 20 heavy (non-hydrogen) atoms. The molecular formula is C13H13NO5S. The van der Waals surface area contributed by atoms with Gasteiger partial charge in [0.15, 0.2) is 0 Å². The van der Waals surface area contributed by atoms with E-state index in [0.29, 0.717) is 5.76 Å². The van der Waals surface area contributed by atoms with E-state index in [1.165, 1.54) is 17.4 Å². The van der Waals surface area contributed by atoms with Crippen LogP contribution >= 0.6 is 11.3 Å². The molecule has 0 fully saturated rings. The van der Waals surface area contributed by atoms with Gasteiger partial charge in [-0.15, -0.1) is 11.3 Å². The van der Waals surface area contributed by atoms with Gasteiger partial charge in [-0.1, -0.05) is 6.07 Å². The summed E-state index contributed by atoms with van der Waals surface area (Å²) in [5, 5.41) is 22.6. The highest BCUT2D eigenvalue weighted by atomic mass is 32.1. The fraction of sp³-hybridized carbons (Fsp3) is 0.231. The van der Waals surface area contributed by atoms with E-state index in [0.717, 1.165) is 4.88 Å². The van der Waals surface area contributed by atoms with Crippen molar-refractivity contribution in [2.45, 2.75) is 19.0 Å². The lowest BCUT2D eigenvalue weighted by molar-refractivity contribution is -0.137. The van der Waals surface area contributed by atoms with Crippen molar-refractivity contribution in [3.05, 3.63) is 46.0 Å². The number of carboxylic acids is 2. The molecule has 0 saturated carbocycles. The number of rotatable bonds is 7. The molecule has 0 aromatic carbocycles. The van der Waals surface area contributed by atoms with Gasteiger partial charge in [0.25, 0.3) is 0 Å². The zero-order valence-electron chi connectivity index (χ0n) is 10.4. The van der Waals surface area contributed by atoms with Gasteiger partial charge in [-0.3, -0.25) is 4.79 Å². The van der Waals surface area contributed by atoms with Gasteiger partial charge >= 0.3 is 11.9 Å². The van der Waals surface area contributed by atoms with E-state index in [4.69, 9.17) is 14.6 Å². The fourth-order valence-corrected chi connectivity index (χ4v) is 2.55. The second-order valence-electron chi connectivity index (χ2n) is 4.12. The lowest BCUT2D eigenvalue weighted by atomic mass is 10.1. The smallest absolute Gasteiger partial charge is 0.371 e. The van der Waals surface area contributed by atoms with Gasteiger partial charge in [0.2, 0.25) is 5.76 Å². The van der Waals surface area contributed by atoms with Crippen molar-refractivity contribution >= 4 is 23.3 Å². The summed E-state index contributed by atoms with van der Waals surface area (Å²) in [5.41, 5.74) is 0. The first kappa shape index (κ1) is 14.3. The Labute approximate surface area is 118 Å². The highest BCUT2D eigenvalue weighted by molar-refractivity contribution is 7.10. The van der Waals surface area contributed by atoms with Crippen molar-refractivity contribution < 1.29 is 24.2 Å². The molecule has 7 heteroatoms. The Morgan fingerprint density at radius 2 is 2.10 bits per heavy atom. The highest BCUT2D eigenvalue weighted by Gasteiger charge is 2.17. The summed E-state index contributed by atoms with van der Waals surface area (Å²) in [6.45, 7) is 0.267. The molecule has 2 aromatic rings. The zero-order chi connectivity index (χ0) is 14.5. The number of thiophene rings is 1. The maximum absolute atomic E-state index is 10.9. The van der Waals surface area contributed by atoms with Crippen molar-refractivity contribution in [3.63, 3.8) is 0 Å². The van der Waals surface area contributed by atoms with Crippen LogP contribution in [0.2, 0.25) is 0 Å². The molecule has 106 valence electrons. The number of nitrogens with one attached hydrogen (secondary N) is 1. The number of hydrogen-bond acceptors (Lipinski definition) is 5. The average Bonchev–Trinajstić information content (AvgIpc) is 3.05. The first-order valence-corrected chi connectivity index (χ1v) is 6.75. The third-order valence-electron chi connectivity index (χ3n) is 2.66. The molecule has 0 radical (unpaired) electrons. The number of carbonyl (C=O) groups is 2. The first-order chi connectivity index (χ1) is 9.56. The standard InChI is InChI=1S/C13H13NO5S/c15-12(16)6-9(11-2-1-5-20-11)14-7-8-3-4-10(19-8)13(17)18/h1-5,9,14H,6-7H2,(H,15,16)(H,17,18). The van der Waals surface area contributed by atoms with Crippen LogP contribution in [0, 0.1) is 0 Å². The minimum Gasteiger partial charge on any atom is -0.481 e. The van der Waals surface area contributed by atoms with Gasteiger partial charge in [-0.25, -0.2) is 4.79 Å². The fourth-order valence-electron chi connectivity index (χ4n) is 1.75. The third-order valence-corrected chi connectivity index (χ3v) is 3.65. The number of furan rings is 1. The van der Waals surface area contributed by atoms with E-state index in [9.17, 15) is 9.59 Å². The van der Waals surface area contributed by atoms with Crippen LogP contribution in [0.25, 0.3) is 0 Å². The molecule has 0 spiro atoms. The minimum absolute atomic E-state index is 0.0486. The number of hydrogen-bond donors (Lipinski definition) is 3. The molecule has 0 bridgehead atoms. The summed E-state index contributed by atoms with van der Waals surface area (Å²) in [6, 6.07) is 6.31. The van der Waals surface area contributed by atoms with E-state index in [-0.39, 0.29) is 24.8 Å². The molecular weight excluding hydrogens is 282 g/mol. The SMILES string of the molecule is O=C(O)CC(NCc1ccc(C(=O)O)o1)c1cccs1. The lowest BCUT2D eigenvalue weighted by Gasteiger charge is -2.14. The van der Waals surface area contributed by atoms with Crippen molar-refractivity contribution in [1.29, 1.82) is 0 Å². The Morgan fingerprint density at radius 1 is 1.30 bits per heavy atom. The van der Waals surface area contributed by atoms with Crippen LogP contribution in [0.4, 0.5) is 0 Å². The molecule has 1 unspecified atom stereocenters. The van der Waals surface area contributed by atoms with E-state index in [1.54, 1.807) is 6.07 Å². The van der Waals surface area contributed by atoms with E-state index < -0.39 is 11.9 Å².